The first-order valence-corrected chi connectivity index (χ1v) is 8.94. The van der Waals surface area contributed by atoms with Crippen molar-refractivity contribution in [2.75, 3.05) is 6.54 Å². The third-order valence-electron chi connectivity index (χ3n) is 5.34. The molecular formula is C19H22F7NO2. The highest BCUT2D eigenvalue weighted by Gasteiger charge is 2.75. The van der Waals surface area contributed by atoms with Gasteiger partial charge in [-0.05, 0) is 17.4 Å². The van der Waals surface area contributed by atoms with Crippen molar-refractivity contribution in [1.82, 2.24) is 5.06 Å². The van der Waals surface area contributed by atoms with Crippen molar-refractivity contribution >= 4 is 5.91 Å². The second kappa shape index (κ2) is 7.77. The van der Waals surface area contributed by atoms with Gasteiger partial charge in [-0.3, -0.25) is 9.63 Å². The molecule has 0 N–H and O–H groups in total. The molecule has 0 bridgehead atoms. The maximum absolute atomic E-state index is 14.1. The average Bonchev–Trinajstić information content (AvgIpc) is 2.83. The zero-order valence-electron chi connectivity index (χ0n) is 16.1. The van der Waals surface area contributed by atoms with Gasteiger partial charge >= 0.3 is 18.0 Å². The summed E-state index contributed by atoms with van der Waals surface area (Å²) in [6.45, 7) is 3.89. The molecule has 2 rings (SSSR count). The molecule has 1 heterocycles. The summed E-state index contributed by atoms with van der Waals surface area (Å²) in [6, 6.07) is 8.56. The van der Waals surface area contributed by atoms with Crippen LogP contribution in [0.2, 0.25) is 0 Å². The predicted octanol–water partition coefficient (Wildman–Crippen LogP) is 5.46. The maximum atomic E-state index is 14.1. The second-order valence-corrected chi connectivity index (χ2v) is 7.85. The number of alkyl halides is 7. The number of amides is 1. The summed E-state index contributed by atoms with van der Waals surface area (Å²) < 4.78 is 92.6. The molecule has 1 aromatic rings. The third-order valence-corrected chi connectivity index (χ3v) is 5.34. The smallest absolute Gasteiger partial charge is 0.272 e. The largest absolute Gasteiger partial charge is 0.459 e. The van der Waals surface area contributed by atoms with Crippen molar-refractivity contribution in [1.29, 1.82) is 0 Å². The second-order valence-electron chi connectivity index (χ2n) is 7.85. The number of carbonyl (C=O) groups excluding carboxylic acids is 1. The lowest BCUT2D eigenvalue weighted by atomic mass is 9.69. The van der Waals surface area contributed by atoms with E-state index in [-0.39, 0.29) is 13.2 Å². The number of hydrogen-bond donors (Lipinski definition) is 0. The lowest BCUT2D eigenvalue weighted by molar-refractivity contribution is -0.359. The molecule has 1 fully saturated rings. The van der Waals surface area contributed by atoms with Crippen LogP contribution in [0.15, 0.2) is 30.3 Å². The van der Waals surface area contributed by atoms with Gasteiger partial charge in [-0.2, -0.15) is 30.7 Å². The highest BCUT2D eigenvalue weighted by atomic mass is 19.4. The molecule has 164 valence electrons. The fourth-order valence-electron chi connectivity index (χ4n) is 3.68. The predicted molar refractivity (Wildman–Crippen MR) is 89.9 cm³/mol. The van der Waals surface area contributed by atoms with E-state index in [1.807, 2.05) is 0 Å². The van der Waals surface area contributed by atoms with Gasteiger partial charge in [0.1, 0.15) is 6.61 Å². The van der Waals surface area contributed by atoms with Gasteiger partial charge in [0.2, 0.25) is 0 Å². The monoisotopic (exact) mass is 429 g/mol. The fourth-order valence-corrected chi connectivity index (χ4v) is 3.68. The van der Waals surface area contributed by atoms with Crippen LogP contribution in [-0.4, -0.2) is 35.5 Å². The zero-order chi connectivity index (χ0) is 22.3. The van der Waals surface area contributed by atoms with Crippen LogP contribution in [0.25, 0.3) is 0 Å². The molecule has 1 aromatic carbocycles. The maximum Gasteiger partial charge on any atom is 0.459 e. The van der Waals surface area contributed by atoms with Crippen molar-refractivity contribution in [3.8, 4) is 0 Å². The summed E-state index contributed by atoms with van der Waals surface area (Å²) in [7, 11) is 0. The fraction of sp³-hybridized carbons (Fsp3) is 0.632. The van der Waals surface area contributed by atoms with Crippen molar-refractivity contribution in [2.24, 2.45) is 17.3 Å². The van der Waals surface area contributed by atoms with E-state index in [1.165, 1.54) is 0 Å². The minimum absolute atomic E-state index is 0.0808. The molecule has 0 aliphatic carbocycles. The summed E-state index contributed by atoms with van der Waals surface area (Å²) >= 11 is 0. The molecule has 0 aromatic heterocycles. The van der Waals surface area contributed by atoms with Gasteiger partial charge in [0.05, 0.1) is 12.0 Å². The number of benzene rings is 1. The Kier molecular flexibility index (Phi) is 6.28. The number of nitrogens with zero attached hydrogens (tertiary/aromatic N) is 1. The quantitative estimate of drug-likeness (QED) is 0.539. The Labute approximate surface area is 163 Å². The molecule has 1 aliphatic rings. The number of rotatable bonds is 7. The van der Waals surface area contributed by atoms with Gasteiger partial charge in [-0.25, -0.2) is 5.06 Å². The van der Waals surface area contributed by atoms with E-state index in [0.29, 0.717) is 5.56 Å². The third kappa shape index (κ3) is 4.36. The van der Waals surface area contributed by atoms with E-state index < -0.39 is 47.6 Å². The van der Waals surface area contributed by atoms with E-state index in [9.17, 15) is 35.5 Å². The molecule has 29 heavy (non-hydrogen) atoms. The molecule has 0 spiro atoms. The van der Waals surface area contributed by atoms with Gasteiger partial charge in [0.25, 0.3) is 5.91 Å². The Morgan fingerprint density at radius 3 is 2.14 bits per heavy atom. The average molecular weight is 429 g/mol. The zero-order valence-corrected chi connectivity index (χ0v) is 16.1. The number of hydrogen-bond acceptors (Lipinski definition) is 2. The van der Waals surface area contributed by atoms with Gasteiger partial charge in [-0.1, -0.05) is 51.1 Å². The Bertz CT molecular complexity index is 721. The molecule has 3 nitrogen and oxygen atoms in total. The standard InChI is InChI=1S/C19H22F7NO2/c1-12(2)14-9-27(29-10-13-7-5-4-6-8-13)15(28)16(14,3)11-17(20,21)18(22,23)19(24,25)26/h4-8,12,14H,9-11H2,1-3H3/t14-,16-/m0/s1. The number of hydroxylamine groups is 2. The molecule has 0 radical (unpaired) electrons. The summed E-state index contributed by atoms with van der Waals surface area (Å²) in [5.41, 5.74) is -1.48. The van der Waals surface area contributed by atoms with Crippen molar-refractivity contribution in [2.45, 2.75) is 51.8 Å². The van der Waals surface area contributed by atoms with Crippen LogP contribution in [0.3, 0.4) is 0 Å². The van der Waals surface area contributed by atoms with Crippen LogP contribution >= 0.6 is 0 Å². The number of halogens is 7. The Morgan fingerprint density at radius 2 is 1.66 bits per heavy atom. The van der Waals surface area contributed by atoms with Gasteiger partial charge in [0, 0.05) is 6.42 Å². The Morgan fingerprint density at radius 1 is 1.10 bits per heavy atom. The summed E-state index contributed by atoms with van der Waals surface area (Å²) in [5.74, 6) is -14.1. The SMILES string of the molecule is CC(C)[C@@H]1CN(OCc2ccccc2)C(=O)[C@@]1(C)CC(F)(F)C(F)(F)C(F)(F)F. The van der Waals surface area contributed by atoms with Crippen molar-refractivity contribution in [3.63, 3.8) is 0 Å². The number of carbonyl (C=O) groups is 1. The van der Waals surface area contributed by atoms with Crippen LogP contribution in [0.1, 0.15) is 32.8 Å². The first kappa shape index (κ1) is 23.4. The van der Waals surface area contributed by atoms with Crippen LogP contribution in [0, 0.1) is 17.3 Å². The molecule has 10 heteroatoms. The summed E-state index contributed by atoms with van der Waals surface area (Å²) in [5, 5.41) is 0.791. The highest BCUT2D eigenvalue weighted by molar-refractivity contribution is 5.84. The summed E-state index contributed by atoms with van der Waals surface area (Å²) in [6.07, 6.45) is -8.38. The molecule has 1 aliphatic heterocycles. The van der Waals surface area contributed by atoms with Crippen LogP contribution < -0.4 is 0 Å². The minimum atomic E-state index is -6.44. The summed E-state index contributed by atoms with van der Waals surface area (Å²) in [4.78, 5) is 18.1. The van der Waals surface area contributed by atoms with Gasteiger partial charge < -0.3 is 0 Å². The van der Waals surface area contributed by atoms with Crippen molar-refractivity contribution < 1.29 is 40.4 Å². The molecule has 1 amide bonds. The topological polar surface area (TPSA) is 29.5 Å². The van der Waals surface area contributed by atoms with Gasteiger partial charge in [-0.15, -0.1) is 0 Å². The van der Waals surface area contributed by atoms with E-state index in [4.69, 9.17) is 4.84 Å². The van der Waals surface area contributed by atoms with E-state index in [1.54, 1.807) is 44.2 Å². The van der Waals surface area contributed by atoms with Crippen LogP contribution in [-0.2, 0) is 16.2 Å². The van der Waals surface area contributed by atoms with Crippen molar-refractivity contribution in [3.05, 3.63) is 35.9 Å². The van der Waals surface area contributed by atoms with E-state index >= 15 is 0 Å². The highest BCUT2D eigenvalue weighted by Crippen LogP contribution is 2.55. The molecule has 2 atom stereocenters. The van der Waals surface area contributed by atoms with E-state index in [2.05, 4.69) is 0 Å². The lowest BCUT2D eigenvalue weighted by Gasteiger charge is -2.37. The first-order valence-electron chi connectivity index (χ1n) is 8.94. The molecule has 0 unspecified atom stereocenters. The van der Waals surface area contributed by atoms with Crippen LogP contribution in [0.4, 0.5) is 30.7 Å². The molecule has 0 saturated carbocycles. The Balaban J connectivity index is 2.27. The van der Waals surface area contributed by atoms with Gasteiger partial charge in [0.15, 0.2) is 0 Å². The molecule has 1 saturated heterocycles. The first-order chi connectivity index (χ1) is 13.1. The van der Waals surface area contributed by atoms with E-state index in [0.717, 1.165) is 12.0 Å². The minimum Gasteiger partial charge on any atom is -0.272 e. The molecular weight excluding hydrogens is 407 g/mol. The Hall–Kier alpha value is -1.84. The van der Waals surface area contributed by atoms with Crippen LogP contribution in [0.5, 0.6) is 0 Å². The normalized spacial score (nSPS) is 23.9. The lowest BCUT2D eigenvalue weighted by Crippen LogP contribution is -2.55.